The molecule has 0 fully saturated rings. The summed E-state index contributed by atoms with van der Waals surface area (Å²) >= 11 is 3.46. The van der Waals surface area contributed by atoms with Gasteiger partial charge in [0, 0.05) is 0 Å². The molecule has 2 rings (SSSR count). The van der Waals surface area contributed by atoms with Crippen molar-refractivity contribution in [1.29, 1.82) is 0 Å². The van der Waals surface area contributed by atoms with Gasteiger partial charge in [0.15, 0.2) is 0 Å². The van der Waals surface area contributed by atoms with Crippen LogP contribution in [0, 0.1) is 0 Å². The van der Waals surface area contributed by atoms with Crippen LogP contribution in [0.25, 0.3) is 0 Å². The minimum atomic E-state index is -1.57. The Morgan fingerprint density at radius 1 is 0.889 bits per heavy atom. The number of rotatable bonds is 5. The molecule has 0 saturated heterocycles. The zero-order valence-electron chi connectivity index (χ0n) is 10.5. The predicted octanol–water partition coefficient (Wildman–Crippen LogP) is 2.65. The van der Waals surface area contributed by atoms with E-state index in [4.69, 9.17) is 0 Å². The molecule has 0 aliphatic rings. The maximum atomic E-state index is 3.73. The van der Waals surface area contributed by atoms with E-state index in [0.717, 1.165) is 13.0 Å². The maximum absolute atomic E-state index is 3.73. The first-order valence-corrected chi connectivity index (χ1v) is 10.2. The molecule has 0 atom stereocenters. The normalized spacial score (nSPS) is 11.4. The van der Waals surface area contributed by atoms with Gasteiger partial charge in [-0.15, -0.1) is 0 Å². The molecule has 0 amide bonds. The number of hydrogen-bond donors (Lipinski definition) is 1. The van der Waals surface area contributed by atoms with E-state index in [2.05, 4.69) is 87.8 Å². The van der Waals surface area contributed by atoms with E-state index in [1.54, 1.807) is 0 Å². The number of nitrogens with one attached hydrogen (secondary N) is 1. The average Bonchev–Trinajstić information content (AvgIpc) is 2.46. The van der Waals surface area contributed by atoms with Crippen LogP contribution in [0.2, 0.25) is 0 Å². The van der Waals surface area contributed by atoms with Crippen molar-refractivity contribution in [3.05, 3.63) is 60.7 Å². The van der Waals surface area contributed by atoms with E-state index in [9.17, 15) is 0 Å². The van der Waals surface area contributed by atoms with Crippen molar-refractivity contribution < 1.29 is 0 Å². The Kier molecular flexibility index (Phi) is 4.97. The van der Waals surface area contributed by atoms with Crippen molar-refractivity contribution in [1.82, 2.24) is 5.09 Å². The summed E-state index contributed by atoms with van der Waals surface area (Å²) in [6, 6.07) is 21.4. The monoisotopic (exact) mass is 323 g/mol. The Balaban J connectivity index is 2.45. The van der Waals surface area contributed by atoms with E-state index < -0.39 is 5.66 Å². The molecule has 1 N–H and O–H groups in total. The van der Waals surface area contributed by atoms with Crippen LogP contribution in [0.5, 0.6) is 0 Å². The van der Waals surface area contributed by atoms with Crippen LogP contribution in [-0.4, -0.2) is 21.6 Å². The Bertz CT molecular complexity index is 481. The topological polar surface area (TPSA) is 12.0 Å². The van der Waals surface area contributed by atoms with Crippen LogP contribution in [0.4, 0.5) is 0 Å². The SMILES string of the molecule is CCCNP(=[Se])(c1ccccc1)c1ccccc1. The fourth-order valence-electron chi connectivity index (χ4n) is 1.88. The van der Waals surface area contributed by atoms with E-state index in [-0.39, 0.29) is 0 Å². The third-order valence-electron chi connectivity index (χ3n) is 2.82. The van der Waals surface area contributed by atoms with Gasteiger partial charge in [0.1, 0.15) is 0 Å². The van der Waals surface area contributed by atoms with E-state index >= 15 is 0 Å². The molecule has 0 spiro atoms. The van der Waals surface area contributed by atoms with Crippen LogP contribution in [0.1, 0.15) is 13.3 Å². The summed E-state index contributed by atoms with van der Waals surface area (Å²) in [6.45, 7) is 3.23. The zero-order valence-corrected chi connectivity index (χ0v) is 13.2. The predicted molar refractivity (Wildman–Crippen MR) is 83.1 cm³/mol. The molecule has 2 aromatic carbocycles. The standard InChI is InChI=1S/C15H18NPSe/c1-2-13-16-17(18,14-9-5-3-6-10-14)15-11-7-4-8-12-15/h3-12H,2,13H2,1H3,(H,16,18). The van der Waals surface area contributed by atoms with Crippen molar-refractivity contribution in [3.63, 3.8) is 0 Å². The molecular formula is C15H18NPSe. The molecule has 0 aliphatic heterocycles. The first-order valence-electron chi connectivity index (χ1n) is 6.24. The molecule has 2 aromatic rings. The van der Waals surface area contributed by atoms with Gasteiger partial charge in [0.25, 0.3) is 0 Å². The molecule has 0 aliphatic carbocycles. The summed E-state index contributed by atoms with van der Waals surface area (Å²) in [6.07, 6.45) is 1.14. The molecular weight excluding hydrogens is 304 g/mol. The van der Waals surface area contributed by atoms with Gasteiger partial charge in [-0.2, -0.15) is 0 Å². The molecule has 3 heteroatoms. The van der Waals surface area contributed by atoms with Gasteiger partial charge in [0.05, 0.1) is 0 Å². The molecule has 0 bridgehead atoms. The van der Waals surface area contributed by atoms with E-state index in [1.807, 2.05) is 0 Å². The van der Waals surface area contributed by atoms with Gasteiger partial charge in [-0.25, -0.2) is 0 Å². The summed E-state index contributed by atoms with van der Waals surface area (Å²) in [5.74, 6) is 0. The molecule has 0 aromatic heterocycles. The fourth-order valence-corrected chi connectivity index (χ4v) is 6.37. The zero-order chi connectivity index (χ0) is 12.8. The van der Waals surface area contributed by atoms with Gasteiger partial charge >= 0.3 is 117 Å². The van der Waals surface area contributed by atoms with Crippen molar-refractivity contribution >= 4 is 31.4 Å². The van der Waals surface area contributed by atoms with Crippen molar-refractivity contribution in [2.24, 2.45) is 0 Å². The average molecular weight is 322 g/mol. The summed E-state index contributed by atoms with van der Waals surface area (Å²) in [7, 11) is 0. The van der Waals surface area contributed by atoms with Crippen LogP contribution in [0.3, 0.4) is 0 Å². The molecule has 0 saturated carbocycles. The summed E-state index contributed by atoms with van der Waals surface area (Å²) in [4.78, 5) is 0. The van der Waals surface area contributed by atoms with Crippen molar-refractivity contribution in [3.8, 4) is 0 Å². The van der Waals surface area contributed by atoms with Crippen LogP contribution in [-0.2, 0) is 0 Å². The fraction of sp³-hybridized carbons (Fsp3) is 0.200. The van der Waals surface area contributed by atoms with E-state index in [1.165, 1.54) is 10.6 Å². The summed E-state index contributed by atoms with van der Waals surface area (Å²) < 4.78 is 0. The Hall–Kier alpha value is -0.651. The second-order valence-corrected chi connectivity index (χ2v) is 10.2. The molecule has 0 radical (unpaired) electrons. The molecule has 94 valence electrons. The Morgan fingerprint density at radius 3 is 1.72 bits per heavy atom. The van der Waals surface area contributed by atoms with Gasteiger partial charge in [-0.1, -0.05) is 0 Å². The van der Waals surface area contributed by atoms with Crippen LogP contribution in [0.15, 0.2) is 60.7 Å². The minimum absolute atomic E-state index is 1.03. The Morgan fingerprint density at radius 2 is 1.33 bits per heavy atom. The van der Waals surface area contributed by atoms with Gasteiger partial charge < -0.3 is 0 Å². The van der Waals surface area contributed by atoms with Crippen molar-refractivity contribution in [2.45, 2.75) is 13.3 Å². The van der Waals surface area contributed by atoms with E-state index in [0.29, 0.717) is 0 Å². The van der Waals surface area contributed by atoms with Crippen LogP contribution < -0.4 is 15.7 Å². The second-order valence-electron chi connectivity index (χ2n) is 4.19. The third-order valence-corrected chi connectivity index (χ3v) is 9.01. The first kappa shape index (κ1) is 13.8. The molecule has 1 nitrogen and oxygen atoms in total. The molecule has 0 unspecified atom stereocenters. The van der Waals surface area contributed by atoms with Gasteiger partial charge in [-0.3, -0.25) is 0 Å². The quantitative estimate of drug-likeness (QED) is 0.659. The second kappa shape index (κ2) is 6.50. The molecule has 0 heterocycles. The van der Waals surface area contributed by atoms with Gasteiger partial charge in [-0.05, 0) is 0 Å². The first-order chi connectivity index (χ1) is 8.77. The van der Waals surface area contributed by atoms with Crippen LogP contribution >= 0.6 is 5.66 Å². The van der Waals surface area contributed by atoms with Crippen molar-refractivity contribution in [2.75, 3.05) is 6.54 Å². The Labute approximate surface area is 117 Å². The summed E-state index contributed by atoms with van der Waals surface area (Å²) in [5, 5.41) is 6.46. The van der Waals surface area contributed by atoms with Gasteiger partial charge in [0.2, 0.25) is 0 Å². The third kappa shape index (κ3) is 3.02. The number of benzene rings is 2. The number of hydrogen-bond acceptors (Lipinski definition) is 1. The molecule has 18 heavy (non-hydrogen) atoms. The summed E-state index contributed by atoms with van der Waals surface area (Å²) in [5.41, 5.74) is -1.57.